The first-order chi connectivity index (χ1) is 10.7. The molecule has 1 amide bonds. The van der Waals surface area contributed by atoms with Crippen molar-refractivity contribution in [1.82, 2.24) is 4.90 Å². The molecule has 0 aliphatic heterocycles. The van der Waals surface area contributed by atoms with Crippen LogP contribution in [0.2, 0.25) is 5.02 Å². The van der Waals surface area contributed by atoms with E-state index in [4.69, 9.17) is 20.5 Å². The van der Waals surface area contributed by atoms with E-state index in [0.717, 1.165) is 0 Å². The summed E-state index contributed by atoms with van der Waals surface area (Å²) in [5.74, 6) is -0.176. The van der Waals surface area contributed by atoms with Gasteiger partial charge in [-0.15, -0.1) is 0 Å². The van der Waals surface area contributed by atoms with Crippen molar-refractivity contribution in [2.45, 2.75) is 33.4 Å². The summed E-state index contributed by atoms with van der Waals surface area (Å²) in [6.45, 7) is 5.34. The third-order valence-electron chi connectivity index (χ3n) is 3.15. The van der Waals surface area contributed by atoms with Crippen molar-refractivity contribution in [2.24, 2.45) is 0 Å². The molecule has 0 saturated carbocycles. The number of nitrogens with zero attached hydrogens (tertiary/aromatic N) is 1. The molecule has 1 aromatic carbocycles. The number of amides is 1. The minimum absolute atomic E-state index is 0.0534. The minimum Gasteiger partial charge on any atom is -0.382 e. The molecule has 0 aliphatic carbocycles. The molecule has 0 spiro atoms. The second kappa shape index (κ2) is 8.52. The Morgan fingerprint density at radius 2 is 2.00 bits per heavy atom. The molecule has 0 fully saturated rings. The molecule has 0 N–H and O–H groups in total. The molecule has 23 heavy (non-hydrogen) atoms. The Morgan fingerprint density at radius 3 is 2.52 bits per heavy atom. The fourth-order valence-electron chi connectivity index (χ4n) is 1.90. The number of ether oxygens (including phenoxy) is 1. The SMILES string of the molecule is CCS(=O)(=O)Oc1ccc(Cl)cc1CN(C(=O)COC)C(C)C. The lowest BCUT2D eigenvalue weighted by Crippen LogP contribution is -2.38. The third-order valence-corrected chi connectivity index (χ3v) is 4.52. The fraction of sp³-hybridized carbons (Fsp3) is 0.533. The Morgan fingerprint density at radius 1 is 1.35 bits per heavy atom. The number of benzene rings is 1. The van der Waals surface area contributed by atoms with E-state index in [1.807, 2.05) is 13.8 Å². The number of carbonyl (C=O) groups is 1. The van der Waals surface area contributed by atoms with Gasteiger partial charge in [0.25, 0.3) is 0 Å². The van der Waals surface area contributed by atoms with Gasteiger partial charge in [-0.25, -0.2) is 0 Å². The molecule has 0 atom stereocenters. The Balaban J connectivity index is 3.14. The molecule has 0 unspecified atom stereocenters. The molecular weight excluding hydrogens is 342 g/mol. The fourth-order valence-corrected chi connectivity index (χ4v) is 2.65. The van der Waals surface area contributed by atoms with Crippen LogP contribution in [0.15, 0.2) is 18.2 Å². The number of methoxy groups -OCH3 is 1. The van der Waals surface area contributed by atoms with E-state index in [1.54, 1.807) is 17.0 Å². The van der Waals surface area contributed by atoms with E-state index in [0.29, 0.717) is 10.6 Å². The molecule has 1 aromatic rings. The van der Waals surface area contributed by atoms with Crippen molar-refractivity contribution < 1.29 is 22.1 Å². The van der Waals surface area contributed by atoms with Gasteiger partial charge in [-0.1, -0.05) is 11.6 Å². The Bertz CT molecular complexity index is 645. The van der Waals surface area contributed by atoms with Crippen LogP contribution in [0.5, 0.6) is 5.75 Å². The molecule has 0 heterocycles. The van der Waals surface area contributed by atoms with Crippen molar-refractivity contribution in [3.05, 3.63) is 28.8 Å². The summed E-state index contributed by atoms with van der Waals surface area (Å²) >= 11 is 5.99. The Hall–Kier alpha value is -1.31. The van der Waals surface area contributed by atoms with E-state index in [-0.39, 0.29) is 36.6 Å². The highest BCUT2D eigenvalue weighted by molar-refractivity contribution is 7.87. The lowest BCUT2D eigenvalue weighted by Gasteiger charge is -2.27. The highest BCUT2D eigenvalue weighted by Crippen LogP contribution is 2.26. The van der Waals surface area contributed by atoms with Crippen molar-refractivity contribution in [2.75, 3.05) is 19.5 Å². The molecular formula is C15H22ClNO5S. The molecule has 1 rings (SSSR count). The number of carbonyl (C=O) groups excluding carboxylic acids is 1. The predicted molar refractivity (Wildman–Crippen MR) is 89.1 cm³/mol. The zero-order chi connectivity index (χ0) is 17.6. The van der Waals surface area contributed by atoms with Gasteiger partial charge in [0.05, 0.1) is 5.75 Å². The van der Waals surface area contributed by atoms with E-state index in [2.05, 4.69) is 0 Å². The summed E-state index contributed by atoms with van der Waals surface area (Å²) in [6, 6.07) is 4.54. The maximum atomic E-state index is 12.1. The maximum absolute atomic E-state index is 12.1. The number of hydrogen-bond donors (Lipinski definition) is 0. The zero-order valence-corrected chi connectivity index (χ0v) is 15.3. The van der Waals surface area contributed by atoms with Gasteiger partial charge in [-0.05, 0) is 39.0 Å². The zero-order valence-electron chi connectivity index (χ0n) is 13.7. The van der Waals surface area contributed by atoms with Crippen LogP contribution in [-0.4, -0.2) is 44.7 Å². The highest BCUT2D eigenvalue weighted by atomic mass is 35.5. The van der Waals surface area contributed by atoms with Gasteiger partial charge in [0.1, 0.15) is 12.4 Å². The second-order valence-electron chi connectivity index (χ2n) is 5.23. The van der Waals surface area contributed by atoms with Crippen LogP contribution >= 0.6 is 11.6 Å². The molecule has 0 aliphatic rings. The summed E-state index contributed by atoms with van der Waals surface area (Å²) in [5, 5.41) is 0.434. The van der Waals surface area contributed by atoms with Gasteiger partial charge in [0.15, 0.2) is 0 Å². The lowest BCUT2D eigenvalue weighted by molar-refractivity contribution is -0.137. The lowest BCUT2D eigenvalue weighted by atomic mass is 10.1. The topological polar surface area (TPSA) is 72.9 Å². The van der Waals surface area contributed by atoms with Crippen molar-refractivity contribution in [3.8, 4) is 5.75 Å². The van der Waals surface area contributed by atoms with Crippen LogP contribution in [0.25, 0.3) is 0 Å². The van der Waals surface area contributed by atoms with Crippen molar-refractivity contribution in [1.29, 1.82) is 0 Å². The largest absolute Gasteiger partial charge is 0.382 e. The average molecular weight is 364 g/mol. The smallest absolute Gasteiger partial charge is 0.308 e. The first-order valence-corrected chi connectivity index (χ1v) is 9.14. The molecule has 0 radical (unpaired) electrons. The quantitative estimate of drug-likeness (QED) is 0.663. The van der Waals surface area contributed by atoms with Gasteiger partial charge in [0.2, 0.25) is 5.91 Å². The van der Waals surface area contributed by atoms with Crippen LogP contribution in [0, 0.1) is 0 Å². The third kappa shape index (κ3) is 6.01. The first kappa shape index (κ1) is 19.7. The summed E-state index contributed by atoms with van der Waals surface area (Å²) in [4.78, 5) is 13.7. The van der Waals surface area contributed by atoms with Crippen molar-refractivity contribution in [3.63, 3.8) is 0 Å². The van der Waals surface area contributed by atoms with Crippen LogP contribution in [0.3, 0.4) is 0 Å². The first-order valence-electron chi connectivity index (χ1n) is 7.19. The average Bonchev–Trinajstić information content (AvgIpc) is 2.47. The summed E-state index contributed by atoms with van der Waals surface area (Å²) in [5.41, 5.74) is 0.521. The highest BCUT2D eigenvalue weighted by Gasteiger charge is 2.21. The summed E-state index contributed by atoms with van der Waals surface area (Å²) < 4.78 is 33.4. The molecule has 8 heteroatoms. The van der Waals surface area contributed by atoms with Crippen LogP contribution < -0.4 is 4.18 Å². The minimum atomic E-state index is -3.67. The molecule has 0 saturated heterocycles. The van der Waals surface area contributed by atoms with Crippen LogP contribution in [0.1, 0.15) is 26.3 Å². The molecule has 130 valence electrons. The number of rotatable bonds is 8. The van der Waals surface area contributed by atoms with Gasteiger partial charge >= 0.3 is 10.1 Å². The van der Waals surface area contributed by atoms with Crippen LogP contribution in [-0.2, 0) is 26.2 Å². The molecule has 0 aromatic heterocycles. The molecule has 0 bridgehead atoms. The van der Waals surface area contributed by atoms with Crippen molar-refractivity contribution >= 4 is 27.6 Å². The van der Waals surface area contributed by atoms with Gasteiger partial charge < -0.3 is 13.8 Å². The predicted octanol–water partition coefficient (Wildman–Crippen LogP) is 2.45. The van der Waals surface area contributed by atoms with E-state index < -0.39 is 10.1 Å². The van der Waals surface area contributed by atoms with Crippen LogP contribution in [0.4, 0.5) is 0 Å². The Kier molecular flexibility index (Phi) is 7.31. The van der Waals surface area contributed by atoms with E-state index in [9.17, 15) is 13.2 Å². The van der Waals surface area contributed by atoms with E-state index in [1.165, 1.54) is 20.1 Å². The second-order valence-corrected chi connectivity index (χ2v) is 7.53. The molecule has 6 nitrogen and oxygen atoms in total. The normalized spacial score (nSPS) is 11.6. The van der Waals surface area contributed by atoms with Gasteiger partial charge in [0, 0.05) is 30.3 Å². The van der Waals surface area contributed by atoms with Gasteiger partial charge in [-0.2, -0.15) is 8.42 Å². The number of halogens is 1. The Labute approximate surface area is 142 Å². The number of hydrogen-bond acceptors (Lipinski definition) is 5. The summed E-state index contributed by atoms with van der Waals surface area (Å²) in [7, 11) is -2.22. The summed E-state index contributed by atoms with van der Waals surface area (Å²) in [6.07, 6.45) is 0. The van der Waals surface area contributed by atoms with Gasteiger partial charge in [-0.3, -0.25) is 4.79 Å². The van der Waals surface area contributed by atoms with E-state index >= 15 is 0 Å². The standard InChI is InChI=1S/C15H22ClNO5S/c1-5-23(19,20)22-14-7-6-13(16)8-12(14)9-17(11(2)3)15(18)10-21-4/h6-8,11H,5,9-10H2,1-4H3. The maximum Gasteiger partial charge on any atom is 0.308 e. The monoisotopic (exact) mass is 363 g/mol.